The number of nitrogens with zero attached hydrogens (tertiary/aromatic N) is 4. The van der Waals surface area contributed by atoms with Crippen LogP contribution in [0, 0.1) is 5.53 Å². The van der Waals surface area contributed by atoms with Gasteiger partial charge >= 0.3 is 0 Å². The Bertz CT molecular complexity index is 335. The van der Waals surface area contributed by atoms with Gasteiger partial charge in [-0.1, -0.05) is 0 Å². The first-order valence-electron chi connectivity index (χ1n) is 4.28. The van der Waals surface area contributed by atoms with Gasteiger partial charge in [0.05, 0.1) is 0 Å². The summed E-state index contributed by atoms with van der Waals surface area (Å²) < 4.78 is 0. The number of rotatable bonds is 3. The number of aromatic nitrogens is 2. The van der Waals surface area contributed by atoms with Gasteiger partial charge in [0.25, 0.3) is 0 Å². The lowest BCUT2D eigenvalue weighted by atomic mass is 10.3. The Hall–Kier alpha value is -1.72. The van der Waals surface area contributed by atoms with Crippen molar-refractivity contribution >= 4 is 17.3 Å². The van der Waals surface area contributed by atoms with Crippen molar-refractivity contribution in [2.24, 2.45) is 5.11 Å². The fraction of sp³-hybridized carbons (Fsp3) is 0.500. The van der Waals surface area contributed by atoms with Crippen molar-refractivity contribution < 1.29 is 0 Å². The molecule has 0 saturated carbocycles. The van der Waals surface area contributed by atoms with Crippen molar-refractivity contribution in [1.29, 1.82) is 5.53 Å². The third-order valence-corrected chi connectivity index (χ3v) is 2.05. The van der Waals surface area contributed by atoms with Crippen LogP contribution >= 0.6 is 0 Å². The van der Waals surface area contributed by atoms with E-state index >= 15 is 0 Å². The third kappa shape index (κ3) is 1.78. The van der Waals surface area contributed by atoms with Gasteiger partial charge in [-0.25, -0.2) is 15.5 Å². The molecule has 76 valence electrons. The second-order valence-corrected chi connectivity index (χ2v) is 3.25. The minimum Gasteiger partial charge on any atom is -0.382 e. The van der Waals surface area contributed by atoms with Crippen molar-refractivity contribution in [1.82, 2.24) is 9.97 Å². The summed E-state index contributed by atoms with van der Waals surface area (Å²) in [4.78, 5) is 9.73. The average Bonchev–Trinajstić information content (AvgIpc) is 2.16. The van der Waals surface area contributed by atoms with E-state index in [-0.39, 0.29) is 11.9 Å². The van der Waals surface area contributed by atoms with Crippen molar-refractivity contribution in [2.45, 2.75) is 19.9 Å². The largest absolute Gasteiger partial charge is 0.382 e. The number of hydrogen-bond donors (Lipinski definition) is 2. The minimum absolute atomic E-state index is 0.234. The lowest BCUT2D eigenvalue weighted by Gasteiger charge is -2.23. The van der Waals surface area contributed by atoms with Gasteiger partial charge in [0.15, 0.2) is 17.3 Å². The normalized spacial score (nSPS) is 10.3. The summed E-state index contributed by atoms with van der Waals surface area (Å²) in [6.07, 6.45) is 1.37. The molecule has 0 radical (unpaired) electrons. The van der Waals surface area contributed by atoms with Crippen molar-refractivity contribution in [3.63, 3.8) is 0 Å². The summed E-state index contributed by atoms with van der Waals surface area (Å²) in [5.74, 6) is 0.819. The first-order chi connectivity index (χ1) is 6.57. The molecular weight excluding hydrogens is 180 g/mol. The van der Waals surface area contributed by atoms with Crippen molar-refractivity contribution in [3.8, 4) is 0 Å². The number of nitrogen functional groups attached to an aromatic ring is 1. The molecule has 0 fully saturated rings. The average molecular weight is 194 g/mol. The molecule has 0 saturated heterocycles. The van der Waals surface area contributed by atoms with Crippen molar-refractivity contribution in [2.75, 3.05) is 17.7 Å². The third-order valence-electron chi connectivity index (χ3n) is 2.05. The van der Waals surface area contributed by atoms with Crippen LogP contribution in [-0.4, -0.2) is 23.1 Å². The van der Waals surface area contributed by atoms with E-state index in [1.165, 1.54) is 6.33 Å². The first-order valence-corrected chi connectivity index (χ1v) is 4.28. The van der Waals surface area contributed by atoms with Crippen LogP contribution < -0.4 is 10.6 Å². The molecule has 0 spiro atoms. The Morgan fingerprint density at radius 3 is 2.64 bits per heavy atom. The van der Waals surface area contributed by atoms with Gasteiger partial charge in [0.2, 0.25) is 0 Å². The SMILES string of the molecule is CC(C)N(C)c1ncnc(N)c1N=N. The molecule has 0 atom stereocenters. The van der Waals surface area contributed by atoms with E-state index < -0.39 is 0 Å². The van der Waals surface area contributed by atoms with Gasteiger partial charge in [0.1, 0.15) is 6.33 Å². The van der Waals surface area contributed by atoms with Crippen LogP contribution in [-0.2, 0) is 0 Å². The predicted octanol–water partition coefficient (Wildman–Crippen LogP) is 1.57. The van der Waals surface area contributed by atoms with E-state index in [9.17, 15) is 0 Å². The molecule has 1 rings (SSSR count). The van der Waals surface area contributed by atoms with Gasteiger partial charge in [-0.2, -0.15) is 5.11 Å². The molecule has 14 heavy (non-hydrogen) atoms. The lowest BCUT2D eigenvalue weighted by molar-refractivity contribution is 0.741. The molecule has 0 aliphatic heterocycles. The molecular formula is C8H14N6. The maximum Gasteiger partial charge on any atom is 0.169 e. The minimum atomic E-state index is 0.234. The zero-order valence-corrected chi connectivity index (χ0v) is 8.52. The Morgan fingerprint density at radius 1 is 1.50 bits per heavy atom. The molecule has 1 aromatic heterocycles. The molecule has 0 aromatic carbocycles. The number of nitrogens with one attached hydrogen (secondary N) is 1. The highest BCUT2D eigenvalue weighted by Gasteiger charge is 2.14. The van der Waals surface area contributed by atoms with Crippen molar-refractivity contribution in [3.05, 3.63) is 6.33 Å². The van der Waals surface area contributed by atoms with Crippen LogP contribution in [0.4, 0.5) is 17.3 Å². The summed E-state index contributed by atoms with van der Waals surface area (Å²) >= 11 is 0. The van der Waals surface area contributed by atoms with Crippen LogP contribution in [0.2, 0.25) is 0 Å². The van der Waals surface area contributed by atoms with Crippen LogP contribution in [0.5, 0.6) is 0 Å². The number of hydrogen-bond acceptors (Lipinski definition) is 6. The Morgan fingerprint density at radius 2 is 2.14 bits per heavy atom. The highest BCUT2D eigenvalue weighted by atomic mass is 15.2. The van der Waals surface area contributed by atoms with E-state index in [0.717, 1.165) is 0 Å². The van der Waals surface area contributed by atoms with Gasteiger partial charge in [-0.05, 0) is 13.8 Å². The van der Waals surface area contributed by atoms with Gasteiger partial charge in [-0.15, -0.1) is 0 Å². The molecule has 0 aliphatic rings. The maximum absolute atomic E-state index is 7.00. The zero-order chi connectivity index (χ0) is 10.7. The summed E-state index contributed by atoms with van der Waals surface area (Å²) in [7, 11) is 1.88. The molecule has 1 aromatic rings. The van der Waals surface area contributed by atoms with Gasteiger partial charge in [0, 0.05) is 13.1 Å². The number of nitrogens with two attached hydrogens (primary N) is 1. The second kappa shape index (κ2) is 3.99. The monoisotopic (exact) mass is 194 g/mol. The van der Waals surface area contributed by atoms with Gasteiger partial charge < -0.3 is 10.6 Å². The van der Waals surface area contributed by atoms with E-state index in [0.29, 0.717) is 11.5 Å². The second-order valence-electron chi connectivity index (χ2n) is 3.25. The van der Waals surface area contributed by atoms with E-state index in [2.05, 4.69) is 15.1 Å². The molecule has 6 heteroatoms. The quantitative estimate of drug-likeness (QED) is 0.714. The Labute approximate surface area is 82.7 Å². The molecule has 0 unspecified atom stereocenters. The zero-order valence-electron chi connectivity index (χ0n) is 8.52. The van der Waals surface area contributed by atoms with Crippen LogP contribution in [0.15, 0.2) is 11.4 Å². The highest BCUT2D eigenvalue weighted by Crippen LogP contribution is 2.30. The van der Waals surface area contributed by atoms with Crippen LogP contribution in [0.1, 0.15) is 13.8 Å². The molecule has 0 aliphatic carbocycles. The predicted molar refractivity (Wildman–Crippen MR) is 54.8 cm³/mol. The molecule has 1 heterocycles. The standard InChI is InChI=1S/C8H14N6/c1-5(2)14(3)8-6(13-10)7(9)11-4-12-8/h4-5,10H,1-3H3,(H2,9,11,12). The topological polar surface area (TPSA) is 91.2 Å². The summed E-state index contributed by atoms with van der Waals surface area (Å²) in [5, 5.41) is 3.33. The highest BCUT2D eigenvalue weighted by molar-refractivity contribution is 5.72. The van der Waals surface area contributed by atoms with E-state index in [1.807, 2.05) is 25.8 Å². The van der Waals surface area contributed by atoms with E-state index in [1.54, 1.807) is 0 Å². The smallest absolute Gasteiger partial charge is 0.169 e. The fourth-order valence-electron chi connectivity index (χ4n) is 0.993. The van der Waals surface area contributed by atoms with E-state index in [4.69, 9.17) is 11.3 Å². The molecule has 6 nitrogen and oxygen atoms in total. The van der Waals surface area contributed by atoms with Crippen LogP contribution in [0.25, 0.3) is 0 Å². The fourth-order valence-corrected chi connectivity index (χ4v) is 0.993. The summed E-state index contributed by atoms with van der Waals surface area (Å²) in [5.41, 5.74) is 12.9. The molecule has 0 bridgehead atoms. The van der Waals surface area contributed by atoms with Crippen LogP contribution in [0.3, 0.4) is 0 Å². The first kappa shape index (κ1) is 10.4. The summed E-state index contributed by atoms with van der Waals surface area (Å²) in [6.45, 7) is 4.04. The maximum atomic E-state index is 7.00. The Balaban J connectivity index is 3.20. The Kier molecular flexibility index (Phi) is 2.95. The molecule has 0 amide bonds. The number of anilines is 2. The lowest BCUT2D eigenvalue weighted by Crippen LogP contribution is -2.26. The summed E-state index contributed by atoms with van der Waals surface area (Å²) in [6, 6.07) is 0.268. The van der Waals surface area contributed by atoms with Gasteiger partial charge in [-0.3, -0.25) is 0 Å². The molecule has 3 N–H and O–H groups in total.